The van der Waals surface area contributed by atoms with Gasteiger partial charge >= 0.3 is 5.97 Å². The third kappa shape index (κ3) is 5.22. The molecule has 0 saturated carbocycles. The largest absolute Gasteiger partial charge is 0.496 e. The van der Waals surface area contributed by atoms with Gasteiger partial charge in [0.2, 0.25) is 0 Å². The van der Waals surface area contributed by atoms with Gasteiger partial charge in [-0.15, -0.1) is 0 Å². The molecule has 2 aromatic rings. The summed E-state index contributed by atoms with van der Waals surface area (Å²) < 4.78 is 15.5. The normalized spacial score (nSPS) is 10.4. The molecule has 0 radical (unpaired) electrons. The minimum absolute atomic E-state index is 0.0798. The van der Waals surface area contributed by atoms with Gasteiger partial charge in [-0.3, -0.25) is 0 Å². The molecule has 25 heavy (non-hydrogen) atoms. The van der Waals surface area contributed by atoms with Crippen molar-refractivity contribution in [3.63, 3.8) is 0 Å². The number of hydrogen-bond donors (Lipinski definition) is 1. The van der Waals surface area contributed by atoms with E-state index in [9.17, 15) is 4.79 Å². The monoisotopic (exact) mass is 343 g/mol. The quantitative estimate of drug-likeness (QED) is 0.746. The number of nitrogens with one attached hydrogen (secondary N) is 1. The van der Waals surface area contributed by atoms with Gasteiger partial charge in [-0.2, -0.15) is 0 Å². The Morgan fingerprint density at radius 3 is 2.36 bits per heavy atom. The van der Waals surface area contributed by atoms with E-state index in [0.717, 1.165) is 46.8 Å². The van der Waals surface area contributed by atoms with Crippen LogP contribution in [-0.4, -0.2) is 26.8 Å². The van der Waals surface area contributed by atoms with E-state index in [-0.39, 0.29) is 12.6 Å². The molecule has 1 N–H and O–H groups in total. The standard InChI is InChI=1S/C20H25NO4/c1-14-9-16(10-15(2)20(14)25-13-19(22)24-4)11-21-12-17-7-5-6-8-18(17)23-3/h5-10,21H,11-13H2,1-4H3. The molecule has 5 nitrogen and oxygen atoms in total. The summed E-state index contributed by atoms with van der Waals surface area (Å²) in [6.45, 7) is 5.33. The fourth-order valence-electron chi connectivity index (χ4n) is 2.75. The van der Waals surface area contributed by atoms with Crippen LogP contribution >= 0.6 is 0 Å². The summed E-state index contributed by atoms with van der Waals surface area (Å²) in [5, 5.41) is 3.43. The molecule has 0 aliphatic heterocycles. The molecule has 0 bridgehead atoms. The Morgan fingerprint density at radius 1 is 1.04 bits per heavy atom. The summed E-state index contributed by atoms with van der Waals surface area (Å²) in [5.74, 6) is 1.23. The number of rotatable bonds is 8. The molecule has 0 aliphatic rings. The zero-order valence-electron chi connectivity index (χ0n) is 15.2. The highest BCUT2D eigenvalue weighted by Crippen LogP contribution is 2.25. The van der Waals surface area contributed by atoms with Crippen LogP contribution in [0.5, 0.6) is 11.5 Å². The number of esters is 1. The first-order valence-corrected chi connectivity index (χ1v) is 8.17. The van der Waals surface area contributed by atoms with E-state index < -0.39 is 0 Å². The Bertz CT molecular complexity index is 704. The van der Waals surface area contributed by atoms with Crippen LogP contribution < -0.4 is 14.8 Å². The number of methoxy groups -OCH3 is 2. The summed E-state index contributed by atoms with van der Waals surface area (Å²) >= 11 is 0. The van der Waals surface area contributed by atoms with Crippen LogP contribution in [0.2, 0.25) is 0 Å². The maximum absolute atomic E-state index is 11.2. The van der Waals surface area contributed by atoms with Gasteiger partial charge in [-0.05, 0) is 36.6 Å². The van der Waals surface area contributed by atoms with Crippen molar-refractivity contribution < 1.29 is 19.0 Å². The number of para-hydroxylation sites is 1. The van der Waals surface area contributed by atoms with Gasteiger partial charge in [0, 0.05) is 18.7 Å². The predicted molar refractivity (Wildman–Crippen MR) is 97.0 cm³/mol. The molecule has 2 rings (SSSR count). The average Bonchev–Trinajstić information content (AvgIpc) is 2.61. The van der Waals surface area contributed by atoms with Crippen molar-refractivity contribution >= 4 is 5.97 Å². The first-order valence-electron chi connectivity index (χ1n) is 8.17. The summed E-state index contributed by atoms with van der Waals surface area (Å²) in [6.07, 6.45) is 0. The zero-order chi connectivity index (χ0) is 18.2. The van der Waals surface area contributed by atoms with Crippen molar-refractivity contribution in [2.45, 2.75) is 26.9 Å². The van der Waals surface area contributed by atoms with Crippen molar-refractivity contribution in [1.29, 1.82) is 0 Å². The molecule has 0 amide bonds. The van der Waals surface area contributed by atoms with Gasteiger partial charge < -0.3 is 19.5 Å². The van der Waals surface area contributed by atoms with Crippen molar-refractivity contribution in [3.8, 4) is 11.5 Å². The van der Waals surface area contributed by atoms with Crippen LogP contribution in [0, 0.1) is 13.8 Å². The molecule has 134 valence electrons. The van der Waals surface area contributed by atoms with Crippen LogP contribution in [-0.2, 0) is 22.6 Å². The zero-order valence-corrected chi connectivity index (χ0v) is 15.2. The molecule has 0 aromatic heterocycles. The Hall–Kier alpha value is -2.53. The fourth-order valence-corrected chi connectivity index (χ4v) is 2.75. The van der Waals surface area contributed by atoms with Crippen molar-refractivity contribution in [1.82, 2.24) is 5.32 Å². The molecule has 5 heteroatoms. The first-order chi connectivity index (χ1) is 12.0. The molecule has 0 spiro atoms. The minimum atomic E-state index is -0.388. The summed E-state index contributed by atoms with van der Waals surface area (Å²) in [5.41, 5.74) is 4.28. The summed E-state index contributed by atoms with van der Waals surface area (Å²) in [4.78, 5) is 11.2. The molecular weight excluding hydrogens is 318 g/mol. The lowest BCUT2D eigenvalue weighted by atomic mass is 10.1. The third-order valence-corrected chi connectivity index (χ3v) is 3.92. The molecule has 0 aliphatic carbocycles. The van der Waals surface area contributed by atoms with E-state index in [2.05, 4.69) is 22.2 Å². The second-order valence-corrected chi connectivity index (χ2v) is 5.84. The highest BCUT2D eigenvalue weighted by molar-refractivity contribution is 5.71. The number of aryl methyl sites for hydroxylation is 2. The van der Waals surface area contributed by atoms with Gasteiger partial charge in [-0.1, -0.05) is 30.3 Å². The number of ether oxygens (including phenoxy) is 3. The first kappa shape index (κ1) is 18.8. The van der Waals surface area contributed by atoms with Crippen LogP contribution in [0.25, 0.3) is 0 Å². The van der Waals surface area contributed by atoms with Gasteiger partial charge in [0.05, 0.1) is 14.2 Å². The van der Waals surface area contributed by atoms with Crippen LogP contribution in [0.1, 0.15) is 22.3 Å². The average molecular weight is 343 g/mol. The van der Waals surface area contributed by atoms with E-state index in [1.54, 1.807) is 7.11 Å². The lowest BCUT2D eigenvalue weighted by Crippen LogP contribution is -2.15. The number of carbonyl (C=O) groups is 1. The molecule has 2 aromatic carbocycles. The van der Waals surface area contributed by atoms with Crippen LogP contribution in [0.15, 0.2) is 36.4 Å². The van der Waals surface area contributed by atoms with Gasteiger partial charge in [-0.25, -0.2) is 4.79 Å². The van der Waals surface area contributed by atoms with Crippen LogP contribution in [0.4, 0.5) is 0 Å². The highest BCUT2D eigenvalue weighted by atomic mass is 16.6. The van der Waals surface area contributed by atoms with E-state index in [4.69, 9.17) is 9.47 Å². The fraction of sp³-hybridized carbons (Fsp3) is 0.350. The molecule has 0 heterocycles. The Labute approximate surface area is 148 Å². The molecule has 0 unspecified atom stereocenters. The van der Waals surface area contributed by atoms with Crippen molar-refractivity contribution in [2.24, 2.45) is 0 Å². The van der Waals surface area contributed by atoms with E-state index in [1.807, 2.05) is 38.1 Å². The topological polar surface area (TPSA) is 56.8 Å². The Morgan fingerprint density at radius 2 is 1.72 bits per heavy atom. The van der Waals surface area contributed by atoms with Gasteiger partial charge in [0.25, 0.3) is 0 Å². The van der Waals surface area contributed by atoms with E-state index >= 15 is 0 Å². The molecular formula is C20H25NO4. The molecule has 0 fully saturated rings. The van der Waals surface area contributed by atoms with E-state index in [1.165, 1.54) is 7.11 Å². The smallest absolute Gasteiger partial charge is 0.343 e. The molecule has 0 atom stereocenters. The lowest BCUT2D eigenvalue weighted by Gasteiger charge is -2.14. The van der Waals surface area contributed by atoms with Crippen molar-refractivity contribution in [3.05, 3.63) is 58.7 Å². The highest BCUT2D eigenvalue weighted by Gasteiger charge is 2.09. The lowest BCUT2D eigenvalue weighted by molar-refractivity contribution is -0.142. The van der Waals surface area contributed by atoms with E-state index in [0.29, 0.717) is 0 Å². The second-order valence-electron chi connectivity index (χ2n) is 5.84. The van der Waals surface area contributed by atoms with Gasteiger partial charge in [0.1, 0.15) is 11.5 Å². The van der Waals surface area contributed by atoms with Crippen LogP contribution in [0.3, 0.4) is 0 Å². The summed E-state index contributed by atoms with van der Waals surface area (Å²) in [7, 11) is 3.03. The summed E-state index contributed by atoms with van der Waals surface area (Å²) in [6, 6.07) is 12.1. The second kappa shape index (κ2) is 9.08. The Kier molecular flexibility index (Phi) is 6.83. The number of carbonyl (C=O) groups excluding carboxylic acids is 1. The minimum Gasteiger partial charge on any atom is -0.496 e. The Balaban J connectivity index is 1.97. The maximum Gasteiger partial charge on any atom is 0.343 e. The maximum atomic E-state index is 11.2. The number of benzene rings is 2. The van der Waals surface area contributed by atoms with Gasteiger partial charge in [0.15, 0.2) is 6.61 Å². The third-order valence-electron chi connectivity index (χ3n) is 3.92. The van der Waals surface area contributed by atoms with Crippen molar-refractivity contribution in [2.75, 3.05) is 20.8 Å². The predicted octanol–water partition coefficient (Wildman–Crippen LogP) is 3.15. The molecule has 0 saturated heterocycles. The number of hydrogen-bond acceptors (Lipinski definition) is 5. The SMILES string of the molecule is COC(=O)COc1c(C)cc(CNCc2ccccc2OC)cc1C.